The van der Waals surface area contributed by atoms with Crippen molar-refractivity contribution < 1.29 is 9.59 Å². The van der Waals surface area contributed by atoms with Gasteiger partial charge >= 0.3 is 0 Å². The molecule has 2 N–H and O–H groups in total. The molecule has 0 aliphatic carbocycles. The molecule has 2 amide bonds. The molecule has 1 aromatic carbocycles. The number of halogens is 1. The highest BCUT2D eigenvalue weighted by molar-refractivity contribution is 6.01. The molecule has 18 heavy (non-hydrogen) atoms. The Hall–Kier alpha value is -1.39. The zero-order valence-electron chi connectivity index (χ0n) is 9.86. The number of amides is 2. The van der Waals surface area contributed by atoms with E-state index < -0.39 is 0 Å². The van der Waals surface area contributed by atoms with Crippen LogP contribution in [-0.2, 0) is 22.7 Å². The molecule has 2 aliphatic rings. The summed E-state index contributed by atoms with van der Waals surface area (Å²) in [5.74, 6) is -0.471. The topological polar surface area (TPSA) is 58.2 Å². The van der Waals surface area contributed by atoms with Gasteiger partial charge in [-0.05, 0) is 23.1 Å². The van der Waals surface area contributed by atoms with Crippen LogP contribution in [0.3, 0.4) is 0 Å². The van der Waals surface area contributed by atoms with E-state index in [0.29, 0.717) is 12.8 Å². The van der Waals surface area contributed by atoms with Crippen LogP contribution in [0.25, 0.3) is 0 Å². The summed E-state index contributed by atoms with van der Waals surface area (Å²) in [4.78, 5) is 23.0. The predicted molar refractivity (Wildman–Crippen MR) is 69.4 cm³/mol. The monoisotopic (exact) mass is 266 g/mol. The van der Waals surface area contributed by atoms with Gasteiger partial charge in [0, 0.05) is 19.5 Å². The number of imide groups is 1. The van der Waals surface area contributed by atoms with Crippen molar-refractivity contribution in [1.82, 2.24) is 10.6 Å². The summed E-state index contributed by atoms with van der Waals surface area (Å²) in [5.41, 5.74) is 3.59. The lowest BCUT2D eigenvalue weighted by atomic mass is 9.86. The molecule has 1 saturated heterocycles. The van der Waals surface area contributed by atoms with Crippen molar-refractivity contribution in [2.45, 2.75) is 31.8 Å². The largest absolute Gasteiger partial charge is 0.309 e. The van der Waals surface area contributed by atoms with Crippen LogP contribution in [0.4, 0.5) is 0 Å². The second-order valence-corrected chi connectivity index (χ2v) is 4.59. The minimum absolute atomic E-state index is 0. The number of rotatable bonds is 1. The number of carbonyl (C=O) groups is 2. The molecule has 0 radical (unpaired) electrons. The standard InChI is InChI=1S/C13H14N2O2.ClH/c16-12-5-4-10(13(17)15-12)9-3-1-2-8-6-14-7-11(8)9;/h1-3,10,14H,4-7H2,(H,15,16,17);1H. The highest BCUT2D eigenvalue weighted by Gasteiger charge is 2.30. The van der Waals surface area contributed by atoms with Gasteiger partial charge in [-0.15, -0.1) is 12.4 Å². The fourth-order valence-corrected chi connectivity index (χ4v) is 2.67. The van der Waals surface area contributed by atoms with Crippen molar-refractivity contribution in [3.63, 3.8) is 0 Å². The maximum atomic E-state index is 11.9. The van der Waals surface area contributed by atoms with Crippen molar-refractivity contribution >= 4 is 24.2 Å². The minimum atomic E-state index is -0.164. The minimum Gasteiger partial charge on any atom is -0.309 e. The number of piperidine rings is 1. The molecule has 5 heteroatoms. The average Bonchev–Trinajstić information content (AvgIpc) is 2.77. The normalized spacial score (nSPS) is 22.1. The van der Waals surface area contributed by atoms with E-state index in [4.69, 9.17) is 0 Å². The lowest BCUT2D eigenvalue weighted by molar-refractivity contribution is -0.134. The summed E-state index contributed by atoms with van der Waals surface area (Å²) in [7, 11) is 0. The summed E-state index contributed by atoms with van der Waals surface area (Å²) in [5, 5.41) is 5.71. The summed E-state index contributed by atoms with van der Waals surface area (Å²) in [6.45, 7) is 1.69. The Morgan fingerprint density at radius 3 is 2.78 bits per heavy atom. The van der Waals surface area contributed by atoms with E-state index in [1.54, 1.807) is 0 Å². The Kier molecular flexibility index (Phi) is 3.68. The van der Waals surface area contributed by atoms with Crippen molar-refractivity contribution in [2.24, 2.45) is 0 Å². The first-order valence-electron chi connectivity index (χ1n) is 5.91. The van der Waals surface area contributed by atoms with Gasteiger partial charge in [0.1, 0.15) is 0 Å². The fraction of sp³-hybridized carbons (Fsp3) is 0.385. The Labute approximate surface area is 112 Å². The van der Waals surface area contributed by atoms with Gasteiger partial charge in [-0.1, -0.05) is 18.2 Å². The van der Waals surface area contributed by atoms with Crippen molar-refractivity contribution in [2.75, 3.05) is 0 Å². The van der Waals surface area contributed by atoms with E-state index in [9.17, 15) is 9.59 Å². The number of hydrogen-bond acceptors (Lipinski definition) is 3. The SMILES string of the molecule is Cl.O=C1CCC(c2cccc3c2CNC3)C(=O)N1. The first kappa shape index (κ1) is 13.1. The fourth-order valence-electron chi connectivity index (χ4n) is 2.67. The number of carbonyl (C=O) groups excluding carboxylic acids is 2. The van der Waals surface area contributed by atoms with Crippen LogP contribution < -0.4 is 10.6 Å². The Bertz CT molecular complexity index is 502. The summed E-state index contributed by atoms with van der Waals surface area (Å²) in [6, 6.07) is 6.08. The zero-order valence-corrected chi connectivity index (χ0v) is 10.7. The lowest BCUT2D eigenvalue weighted by Gasteiger charge is -2.23. The highest BCUT2D eigenvalue weighted by Crippen LogP contribution is 2.31. The summed E-state index contributed by atoms with van der Waals surface area (Å²) in [6.07, 6.45) is 1.06. The van der Waals surface area contributed by atoms with E-state index in [1.807, 2.05) is 12.1 Å². The molecule has 1 unspecified atom stereocenters. The van der Waals surface area contributed by atoms with Crippen LogP contribution in [0.2, 0.25) is 0 Å². The van der Waals surface area contributed by atoms with Crippen LogP contribution in [0, 0.1) is 0 Å². The Balaban J connectivity index is 0.00000120. The quantitative estimate of drug-likeness (QED) is 0.752. The van der Waals surface area contributed by atoms with Crippen LogP contribution >= 0.6 is 12.4 Å². The molecular formula is C13H15ClN2O2. The van der Waals surface area contributed by atoms with Crippen molar-refractivity contribution in [1.29, 1.82) is 0 Å². The Morgan fingerprint density at radius 1 is 1.17 bits per heavy atom. The van der Waals surface area contributed by atoms with Gasteiger partial charge in [0.25, 0.3) is 0 Å². The van der Waals surface area contributed by atoms with Crippen molar-refractivity contribution in [3.8, 4) is 0 Å². The lowest BCUT2D eigenvalue weighted by Crippen LogP contribution is -2.39. The average molecular weight is 267 g/mol. The van der Waals surface area contributed by atoms with Gasteiger partial charge in [0.15, 0.2) is 0 Å². The number of fused-ring (bicyclic) bond motifs is 1. The number of benzene rings is 1. The molecule has 1 fully saturated rings. The first-order valence-corrected chi connectivity index (χ1v) is 5.91. The highest BCUT2D eigenvalue weighted by atomic mass is 35.5. The second kappa shape index (κ2) is 5.08. The predicted octanol–water partition coefficient (Wildman–Crippen LogP) is 1.23. The first-order chi connectivity index (χ1) is 8.25. The molecule has 96 valence electrons. The molecule has 1 aromatic rings. The van der Waals surface area contributed by atoms with E-state index in [2.05, 4.69) is 16.7 Å². The number of hydrogen-bond donors (Lipinski definition) is 2. The smallest absolute Gasteiger partial charge is 0.234 e. The van der Waals surface area contributed by atoms with Gasteiger partial charge in [-0.3, -0.25) is 14.9 Å². The van der Waals surface area contributed by atoms with E-state index in [0.717, 1.165) is 18.7 Å². The van der Waals surface area contributed by atoms with Crippen LogP contribution in [-0.4, -0.2) is 11.8 Å². The molecular weight excluding hydrogens is 252 g/mol. The molecule has 2 heterocycles. The molecule has 0 bridgehead atoms. The zero-order chi connectivity index (χ0) is 11.8. The van der Waals surface area contributed by atoms with Gasteiger partial charge in [-0.2, -0.15) is 0 Å². The maximum absolute atomic E-state index is 11.9. The molecule has 0 aromatic heterocycles. The molecule has 3 rings (SSSR count). The van der Waals surface area contributed by atoms with E-state index in [1.165, 1.54) is 11.1 Å². The van der Waals surface area contributed by atoms with Gasteiger partial charge in [0.05, 0.1) is 5.92 Å². The van der Waals surface area contributed by atoms with Crippen LogP contribution in [0.1, 0.15) is 35.4 Å². The van der Waals surface area contributed by atoms with E-state index in [-0.39, 0.29) is 30.1 Å². The van der Waals surface area contributed by atoms with Gasteiger partial charge in [0.2, 0.25) is 11.8 Å². The summed E-state index contributed by atoms with van der Waals surface area (Å²) >= 11 is 0. The number of nitrogens with one attached hydrogen (secondary N) is 2. The maximum Gasteiger partial charge on any atom is 0.234 e. The van der Waals surface area contributed by atoms with Gasteiger partial charge in [-0.25, -0.2) is 0 Å². The molecule has 1 atom stereocenters. The summed E-state index contributed by atoms with van der Waals surface area (Å²) < 4.78 is 0. The molecule has 0 saturated carbocycles. The molecule has 2 aliphatic heterocycles. The Morgan fingerprint density at radius 2 is 2.00 bits per heavy atom. The third kappa shape index (κ3) is 2.13. The molecule has 0 spiro atoms. The third-order valence-corrected chi connectivity index (χ3v) is 3.54. The van der Waals surface area contributed by atoms with E-state index >= 15 is 0 Å². The third-order valence-electron chi connectivity index (χ3n) is 3.54. The van der Waals surface area contributed by atoms with Crippen molar-refractivity contribution in [3.05, 3.63) is 34.9 Å². The van der Waals surface area contributed by atoms with Crippen LogP contribution in [0.5, 0.6) is 0 Å². The second-order valence-electron chi connectivity index (χ2n) is 4.59. The van der Waals surface area contributed by atoms with Crippen LogP contribution in [0.15, 0.2) is 18.2 Å². The molecule has 4 nitrogen and oxygen atoms in total. The van der Waals surface area contributed by atoms with Gasteiger partial charge < -0.3 is 5.32 Å².